The van der Waals surface area contributed by atoms with E-state index in [0.29, 0.717) is 15.8 Å². The van der Waals surface area contributed by atoms with Crippen LogP contribution in [0.3, 0.4) is 0 Å². The number of hydrogen-bond acceptors (Lipinski definition) is 5. The fourth-order valence-electron chi connectivity index (χ4n) is 2.53. The number of imidazole rings is 1. The number of ether oxygens (including phenoxy) is 1. The van der Waals surface area contributed by atoms with Crippen LogP contribution in [0.2, 0.25) is 0 Å². The van der Waals surface area contributed by atoms with E-state index in [9.17, 15) is 4.79 Å². The first-order valence-electron chi connectivity index (χ1n) is 7.84. The molecule has 6 nitrogen and oxygen atoms in total. The van der Waals surface area contributed by atoms with E-state index in [0.717, 1.165) is 22.5 Å². The molecule has 0 unspecified atom stereocenters. The quantitative estimate of drug-likeness (QED) is 0.763. The Bertz CT molecular complexity index is 810. The number of methoxy groups -OCH3 is 1. The van der Waals surface area contributed by atoms with E-state index >= 15 is 0 Å². The number of aromatic nitrogens is 2. The van der Waals surface area contributed by atoms with Crippen LogP contribution in [0, 0.1) is 0 Å². The van der Waals surface area contributed by atoms with Crippen LogP contribution in [-0.2, 0) is 17.3 Å². The predicted molar refractivity (Wildman–Crippen MR) is 107 cm³/mol. The Kier molecular flexibility index (Phi) is 5.95. The summed E-state index contributed by atoms with van der Waals surface area (Å²) in [4.78, 5) is 15.3. The van der Waals surface area contributed by atoms with Crippen molar-refractivity contribution in [2.75, 3.05) is 18.2 Å². The standard InChI is InChI=1S/C17H23N3O3S2/c1-17(2,3)15-18-10-9-13(23-5)11(8-12(10)20(15)4)19-16(24)25-7-6-14(21)22/h8-9H,6-7H2,1-5H3,(H,19,24)(H,21,22). The SMILES string of the molecule is COc1cc2nc(C(C)(C)C)n(C)c2cc1NC(=S)SCCC(=O)O. The summed E-state index contributed by atoms with van der Waals surface area (Å²) in [6.07, 6.45) is 0.0688. The average molecular weight is 382 g/mol. The van der Waals surface area contributed by atoms with Gasteiger partial charge in [0.25, 0.3) is 0 Å². The number of hydrogen-bond donors (Lipinski definition) is 2. The van der Waals surface area contributed by atoms with Gasteiger partial charge in [0.1, 0.15) is 15.9 Å². The van der Waals surface area contributed by atoms with Gasteiger partial charge in [0.05, 0.1) is 30.3 Å². The second kappa shape index (κ2) is 7.61. The molecule has 0 bridgehead atoms. The van der Waals surface area contributed by atoms with Crippen LogP contribution in [0.15, 0.2) is 12.1 Å². The number of aliphatic carboxylic acids is 1. The molecular formula is C17H23N3O3S2. The molecule has 0 fully saturated rings. The zero-order valence-corrected chi connectivity index (χ0v) is 16.7. The van der Waals surface area contributed by atoms with Crippen LogP contribution < -0.4 is 10.1 Å². The number of rotatable bonds is 5. The molecule has 0 radical (unpaired) electrons. The molecule has 2 rings (SSSR count). The van der Waals surface area contributed by atoms with Crippen molar-refractivity contribution >= 4 is 51.0 Å². The smallest absolute Gasteiger partial charge is 0.304 e. The molecule has 1 aromatic heterocycles. The highest BCUT2D eigenvalue weighted by molar-refractivity contribution is 8.23. The number of thiocarbonyl (C=S) groups is 1. The molecule has 0 aliphatic rings. The maximum Gasteiger partial charge on any atom is 0.304 e. The molecule has 0 atom stereocenters. The molecule has 0 amide bonds. The molecule has 0 aliphatic heterocycles. The molecule has 2 aromatic rings. The summed E-state index contributed by atoms with van der Waals surface area (Å²) < 4.78 is 8.04. The third-order valence-corrected chi connectivity index (χ3v) is 4.89. The van der Waals surface area contributed by atoms with Gasteiger partial charge >= 0.3 is 5.97 Å². The summed E-state index contributed by atoms with van der Waals surface area (Å²) in [5.74, 6) is 1.22. The Morgan fingerprint density at radius 2 is 2.12 bits per heavy atom. The Morgan fingerprint density at radius 3 is 2.68 bits per heavy atom. The third kappa shape index (κ3) is 4.64. The van der Waals surface area contributed by atoms with Crippen molar-refractivity contribution in [3.8, 4) is 5.75 Å². The van der Waals surface area contributed by atoms with E-state index in [1.807, 2.05) is 19.2 Å². The van der Waals surface area contributed by atoms with Crippen LogP contribution in [0.5, 0.6) is 5.75 Å². The summed E-state index contributed by atoms with van der Waals surface area (Å²) in [5.41, 5.74) is 2.51. The molecule has 0 aliphatic carbocycles. The highest BCUT2D eigenvalue weighted by Crippen LogP contribution is 2.33. The summed E-state index contributed by atoms with van der Waals surface area (Å²) in [5, 5.41) is 11.8. The average Bonchev–Trinajstić information content (AvgIpc) is 2.82. The van der Waals surface area contributed by atoms with Crippen molar-refractivity contribution in [2.45, 2.75) is 32.6 Å². The first-order valence-corrected chi connectivity index (χ1v) is 9.23. The molecule has 2 N–H and O–H groups in total. The molecular weight excluding hydrogens is 358 g/mol. The first kappa shape index (κ1) is 19.5. The van der Waals surface area contributed by atoms with Crippen molar-refractivity contribution < 1.29 is 14.6 Å². The lowest BCUT2D eigenvalue weighted by atomic mass is 9.96. The highest BCUT2D eigenvalue weighted by Gasteiger charge is 2.22. The number of thioether (sulfide) groups is 1. The van der Waals surface area contributed by atoms with E-state index in [2.05, 4.69) is 30.7 Å². The predicted octanol–water partition coefficient (Wildman–Crippen LogP) is 3.78. The molecule has 0 spiro atoms. The second-order valence-corrected chi connectivity index (χ2v) is 8.46. The van der Waals surface area contributed by atoms with Gasteiger partial charge in [-0.1, -0.05) is 44.8 Å². The van der Waals surface area contributed by atoms with E-state index in [4.69, 9.17) is 27.0 Å². The monoisotopic (exact) mass is 381 g/mol. The second-order valence-electron chi connectivity index (χ2n) is 6.69. The number of nitrogens with one attached hydrogen (secondary N) is 1. The minimum atomic E-state index is -0.834. The lowest BCUT2D eigenvalue weighted by Gasteiger charge is -2.17. The maximum absolute atomic E-state index is 10.6. The zero-order valence-electron chi connectivity index (χ0n) is 15.0. The number of aryl methyl sites for hydroxylation is 1. The maximum atomic E-state index is 10.6. The van der Waals surface area contributed by atoms with Crippen molar-refractivity contribution in [3.63, 3.8) is 0 Å². The van der Waals surface area contributed by atoms with Crippen molar-refractivity contribution in [1.82, 2.24) is 9.55 Å². The first-order chi connectivity index (χ1) is 11.6. The summed E-state index contributed by atoms with van der Waals surface area (Å²) in [7, 11) is 3.59. The van der Waals surface area contributed by atoms with Gasteiger partial charge in [-0.2, -0.15) is 0 Å². The summed E-state index contributed by atoms with van der Waals surface area (Å²) in [6, 6.07) is 3.85. The lowest BCUT2D eigenvalue weighted by molar-refractivity contribution is -0.136. The number of fused-ring (bicyclic) bond motifs is 1. The van der Waals surface area contributed by atoms with E-state index < -0.39 is 5.97 Å². The van der Waals surface area contributed by atoms with Crippen LogP contribution in [0.25, 0.3) is 11.0 Å². The van der Waals surface area contributed by atoms with E-state index in [-0.39, 0.29) is 11.8 Å². The molecule has 0 saturated carbocycles. The number of carboxylic acid groups (broad SMARTS) is 1. The molecule has 136 valence electrons. The summed E-state index contributed by atoms with van der Waals surface area (Å²) >= 11 is 6.60. The van der Waals surface area contributed by atoms with Gasteiger partial charge < -0.3 is 19.7 Å². The number of benzene rings is 1. The van der Waals surface area contributed by atoms with E-state index in [1.54, 1.807) is 7.11 Å². The van der Waals surface area contributed by atoms with Gasteiger partial charge in [0, 0.05) is 24.3 Å². The summed E-state index contributed by atoms with van der Waals surface area (Å²) in [6.45, 7) is 6.37. The van der Waals surface area contributed by atoms with Crippen LogP contribution >= 0.6 is 24.0 Å². The third-order valence-electron chi connectivity index (χ3n) is 3.66. The van der Waals surface area contributed by atoms with Gasteiger partial charge in [-0.25, -0.2) is 4.98 Å². The molecule has 1 aromatic carbocycles. The van der Waals surface area contributed by atoms with Gasteiger partial charge in [-0.15, -0.1) is 0 Å². The molecule has 0 saturated heterocycles. The highest BCUT2D eigenvalue weighted by atomic mass is 32.2. The number of carbonyl (C=O) groups is 1. The normalized spacial score (nSPS) is 11.6. The van der Waals surface area contributed by atoms with Crippen LogP contribution in [-0.4, -0.2) is 37.8 Å². The number of anilines is 1. The van der Waals surface area contributed by atoms with Crippen molar-refractivity contribution in [2.24, 2.45) is 7.05 Å². The fourth-order valence-corrected chi connectivity index (χ4v) is 3.54. The van der Waals surface area contributed by atoms with Crippen molar-refractivity contribution in [3.05, 3.63) is 18.0 Å². The minimum Gasteiger partial charge on any atom is -0.494 e. The Balaban J connectivity index is 2.31. The van der Waals surface area contributed by atoms with Gasteiger partial charge in [0.2, 0.25) is 0 Å². The molecule has 25 heavy (non-hydrogen) atoms. The lowest BCUT2D eigenvalue weighted by Crippen LogP contribution is -2.17. The number of nitrogens with zero attached hydrogens (tertiary/aromatic N) is 2. The number of carboxylic acids is 1. The van der Waals surface area contributed by atoms with Gasteiger partial charge in [-0.3, -0.25) is 4.79 Å². The van der Waals surface area contributed by atoms with Crippen LogP contribution in [0.1, 0.15) is 33.0 Å². The topological polar surface area (TPSA) is 76.4 Å². The van der Waals surface area contributed by atoms with Gasteiger partial charge in [-0.05, 0) is 6.07 Å². The Morgan fingerprint density at radius 1 is 1.44 bits per heavy atom. The van der Waals surface area contributed by atoms with Crippen molar-refractivity contribution in [1.29, 1.82) is 0 Å². The minimum absolute atomic E-state index is 0.0688. The Hall–Kier alpha value is -1.80. The van der Waals surface area contributed by atoms with Crippen LogP contribution in [0.4, 0.5) is 5.69 Å². The van der Waals surface area contributed by atoms with E-state index in [1.165, 1.54) is 11.8 Å². The molecule has 1 heterocycles. The largest absolute Gasteiger partial charge is 0.494 e. The fraction of sp³-hybridized carbons (Fsp3) is 0.471. The molecule has 8 heteroatoms. The Labute approximate surface area is 157 Å². The zero-order chi connectivity index (χ0) is 18.8. The van der Waals surface area contributed by atoms with Gasteiger partial charge in [0.15, 0.2) is 0 Å².